The van der Waals surface area contributed by atoms with Crippen LogP contribution in [-0.4, -0.2) is 29.5 Å². The van der Waals surface area contributed by atoms with Gasteiger partial charge < -0.3 is 10.6 Å². The molecule has 2 N–H and O–H groups in total. The lowest BCUT2D eigenvalue weighted by Gasteiger charge is -2.16. The Hall–Kier alpha value is -1.16. The van der Waals surface area contributed by atoms with Gasteiger partial charge in [-0.2, -0.15) is 11.8 Å². The molecule has 0 aromatic heterocycles. The number of nitrogens with one attached hydrogen (secondary N) is 2. The Morgan fingerprint density at radius 2 is 2.26 bits per heavy atom. The summed E-state index contributed by atoms with van der Waals surface area (Å²) in [5.41, 5.74) is 3.01. The van der Waals surface area contributed by atoms with Crippen LogP contribution >= 0.6 is 11.8 Å². The molecule has 2 unspecified atom stereocenters. The Bertz CT molecular complexity index is 461. The van der Waals surface area contributed by atoms with Crippen LogP contribution in [0.4, 0.5) is 5.69 Å². The average Bonchev–Trinajstić information content (AvgIpc) is 2.78. The number of carbonyl (C=O) groups excluding carboxylic acids is 1. The van der Waals surface area contributed by atoms with Crippen LogP contribution in [0.5, 0.6) is 0 Å². The SMILES string of the molecule is CCNC(=O)c1ccc(NC2CSC(C)C2)c(C)c1. The van der Waals surface area contributed by atoms with Crippen molar-refractivity contribution in [2.75, 3.05) is 17.6 Å². The Kier molecular flexibility index (Phi) is 4.75. The molecule has 0 spiro atoms. The first-order valence-corrected chi connectivity index (χ1v) is 7.92. The van der Waals surface area contributed by atoms with Gasteiger partial charge in [0.05, 0.1) is 0 Å². The summed E-state index contributed by atoms with van der Waals surface area (Å²) in [5, 5.41) is 7.15. The Labute approximate surface area is 119 Å². The molecule has 1 amide bonds. The molecule has 0 saturated carbocycles. The maximum atomic E-state index is 11.8. The maximum absolute atomic E-state index is 11.8. The molecule has 1 aromatic rings. The lowest BCUT2D eigenvalue weighted by atomic mass is 10.1. The molecular weight excluding hydrogens is 256 g/mol. The van der Waals surface area contributed by atoms with Crippen molar-refractivity contribution in [1.29, 1.82) is 0 Å². The Balaban J connectivity index is 2.04. The summed E-state index contributed by atoms with van der Waals surface area (Å²) < 4.78 is 0. The van der Waals surface area contributed by atoms with Crippen LogP contribution in [-0.2, 0) is 0 Å². The molecule has 0 bridgehead atoms. The van der Waals surface area contributed by atoms with Crippen LogP contribution in [0.15, 0.2) is 18.2 Å². The summed E-state index contributed by atoms with van der Waals surface area (Å²) in [6.07, 6.45) is 1.21. The molecule has 1 aromatic carbocycles. The number of amides is 1. The lowest BCUT2D eigenvalue weighted by Crippen LogP contribution is -2.23. The van der Waals surface area contributed by atoms with Crippen LogP contribution in [0.1, 0.15) is 36.2 Å². The summed E-state index contributed by atoms with van der Waals surface area (Å²) in [7, 11) is 0. The summed E-state index contributed by atoms with van der Waals surface area (Å²) in [6.45, 7) is 6.92. The van der Waals surface area contributed by atoms with E-state index in [1.165, 1.54) is 12.2 Å². The molecule has 2 atom stereocenters. The number of rotatable bonds is 4. The fourth-order valence-corrected chi connectivity index (χ4v) is 3.52. The van der Waals surface area contributed by atoms with Crippen LogP contribution in [0.25, 0.3) is 0 Å². The van der Waals surface area contributed by atoms with Crippen LogP contribution in [0, 0.1) is 6.92 Å². The highest BCUT2D eigenvalue weighted by atomic mass is 32.2. The molecule has 0 aliphatic carbocycles. The predicted molar refractivity (Wildman–Crippen MR) is 83.1 cm³/mol. The predicted octanol–water partition coefficient (Wildman–Crippen LogP) is 3.05. The zero-order valence-electron chi connectivity index (χ0n) is 11.8. The molecule has 3 nitrogen and oxygen atoms in total. The molecule has 19 heavy (non-hydrogen) atoms. The number of benzene rings is 1. The van der Waals surface area contributed by atoms with E-state index in [9.17, 15) is 4.79 Å². The molecule has 1 saturated heterocycles. The number of hydrogen-bond acceptors (Lipinski definition) is 3. The van der Waals surface area contributed by atoms with Crippen molar-refractivity contribution in [2.24, 2.45) is 0 Å². The summed E-state index contributed by atoms with van der Waals surface area (Å²) in [4.78, 5) is 11.8. The molecule has 1 aliphatic heterocycles. The summed E-state index contributed by atoms with van der Waals surface area (Å²) in [6, 6.07) is 6.42. The van der Waals surface area contributed by atoms with E-state index in [1.807, 2.05) is 36.9 Å². The third-order valence-electron chi connectivity index (χ3n) is 3.38. The summed E-state index contributed by atoms with van der Waals surface area (Å²) >= 11 is 2.02. The van der Waals surface area contributed by atoms with Gasteiger partial charge in [0.25, 0.3) is 5.91 Å². The first kappa shape index (κ1) is 14.3. The van der Waals surface area contributed by atoms with E-state index in [0.29, 0.717) is 12.6 Å². The molecule has 1 aliphatic rings. The monoisotopic (exact) mass is 278 g/mol. The lowest BCUT2D eigenvalue weighted by molar-refractivity contribution is 0.0956. The quantitative estimate of drug-likeness (QED) is 0.889. The third kappa shape index (κ3) is 3.66. The molecule has 0 radical (unpaired) electrons. The van der Waals surface area contributed by atoms with Gasteiger partial charge in [-0.15, -0.1) is 0 Å². The van der Waals surface area contributed by atoms with Crippen molar-refractivity contribution in [3.8, 4) is 0 Å². The van der Waals surface area contributed by atoms with Crippen LogP contribution in [0.2, 0.25) is 0 Å². The van der Waals surface area contributed by atoms with E-state index >= 15 is 0 Å². The third-order valence-corrected chi connectivity index (χ3v) is 4.74. The normalized spacial score (nSPS) is 22.3. The molecule has 104 valence electrons. The molecule has 2 rings (SSSR count). The van der Waals surface area contributed by atoms with Crippen LogP contribution < -0.4 is 10.6 Å². The van der Waals surface area contributed by atoms with Crippen molar-refractivity contribution in [1.82, 2.24) is 5.32 Å². The maximum Gasteiger partial charge on any atom is 0.251 e. The van der Waals surface area contributed by atoms with E-state index in [2.05, 4.69) is 24.5 Å². The second-order valence-electron chi connectivity index (χ2n) is 5.11. The van der Waals surface area contributed by atoms with Gasteiger partial charge in [-0.1, -0.05) is 6.92 Å². The fourth-order valence-electron chi connectivity index (χ4n) is 2.37. The smallest absolute Gasteiger partial charge is 0.251 e. The van der Waals surface area contributed by atoms with Crippen molar-refractivity contribution in [2.45, 2.75) is 38.5 Å². The van der Waals surface area contributed by atoms with Crippen molar-refractivity contribution in [3.05, 3.63) is 29.3 Å². The topological polar surface area (TPSA) is 41.1 Å². The largest absolute Gasteiger partial charge is 0.381 e. The second kappa shape index (κ2) is 6.33. The molecular formula is C15H22N2OS. The van der Waals surface area contributed by atoms with Gasteiger partial charge >= 0.3 is 0 Å². The summed E-state index contributed by atoms with van der Waals surface area (Å²) in [5.74, 6) is 1.17. The zero-order valence-corrected chi connectivity index (χ0v) is 12.6. The Morgan fingerprint density at radius 3 is 2.84 bits per heavy atom. The minimum absolute atomic E-state index is 0.00203. The average molecular weight is 278 g/mol. The van der Waals surface area contributed by atoms with Gasteiger partial charge in [0.2, 0.25) is 0 Å². The first-order chi connectivity index (χ1) is 9.10. The number of aryl methyl sites for hydroxylation is 1. The van der Waals surface area contributed by atoms with Crippen molar-refractivity contribution in [3.63, 3.8) is 0 Å². The van der Waals surface area contributed by atoms with Gasteiger partial charge in [0, 0.05) is 34.8 Å². The van der Waals surface area contributed by atoms with Gasteiger partial charge in [0.15, 0.2) is 0 Å². The van der Waals surface area contributed by atoms with E-state index in [4.69, 9.17) is 0 Å². The van der Waals surface area contributed by atoms with E-state index < -0.39 is 0 Å². The highest BCUT2D eigenvalue weighted by Crippen LogP contribution is 2.29. The van der Waals surface area contributed by atoms with E-state index in [0.717, 1.165) is 22.1 Å². The highest BCUT2D eigenvalue weighted by molar-refractivity contribution is 8.00. The molecule has 4 heteroatoms. The van der Waals surface area contributed by atoms with Crippen LogP contribution in [0.3, 0.4) is 0 Å². The number of anilines is 1. The zero-order chi connectivity index (χ0) is 13.8. The van der Waals surface area contributed by atoms with E-state index in [1.54, 1.807) is 0 Å². The second-order valence-corrected chi connectivity index (χ2v) is 6.58. The van der Waals surface area contributed by atoms with E-state index in [-0.39, 0.29) is 5.91 Å². The van der Waals surface area contributed by atoms with Gasteiger partial charge in [-0.05, 0) is 44.0 Å². The first-order valence-electron chi connectivity index (χ1n) is 6.87. The number of carbonyl (C=O) groups is 1. The number of hydrogen-bond donors (Lipinski definition) is 2. The van der Waals surface area contributed by atoms with Gasteiger partial charge in [-0.3, -0.25) is 4.79 Å². The number of thioether (sulfide) groups is 1. The van der Waals surface area contributed by atoms with Gasteiger partial charge in [0.1, 0.15) is 0 Å². The fraction of sp³-hybridized carbons (Fsp3) is 0.533. The standard InChI is InChI=1S/C15H22N2OS/c1-4-16-15(18)12-5-6-14(10(2)7-12)17-13-8-11(3)19-9-13/h5-7,11,13,17H,4,8-9H2,1-3H3,(H,16,18). The minimum atomic E-state index is 0.00203. The van der Waals surface area contributed by atoms with Crippen molar-refractivity contribution >= 4 is 23.4 Å². The Morgan fingerprint density at radius 1 is 1.47 bits per heavy atom. The molecule has 1 fully saturated rings. The molecule has 1 heterocycles. The minimum Gasteiger partial charge on any atom is -0.381 e. The van der Waals surface area contributed by atoms with Gasteiger partial charge in [-0.25, -0.2) is 0 Å². The highest BCUT2D eigenvalue weighted by Gasteiger charge is 2.22. The van der Waals surface area contributed by atoms with Crippen molar-refractivity contribution < 1.29 is 4.79 Å².